The van der Waals surface area contributed by atoms with E-state index in [2.05, 4.69) is 0 Å². The molecule has 1 N–H and O–H groups in total. The summed E-state index contributed by atoms with van der Waals surface area (Å²) in [6.07, 6.45) is -3.96. The number of hydrogen-bond acceptors (Lipinski definition) is 1. The van der Waals surface area contributed by atoms with Gasteiger partial charge < -0.3 is 5.11 Å². The highest BCUT2D eigenvalue weighted by molar-refractivity contribution is 5.28. The second-order valence-corrected chi connectivity index (χ2v) is 3.36. The van der Waals surface area contributed by atoms with Gasteiger partial charge in [-0.1, -0.05) is 13.8 Å². The number of alkyl halides is 3. The summed E-state index contributed by atoms with van der Waals surface area (Å²) < 4.78 is 62.4. The van der Waals surface area contributed by atoms with Crippen molar-refractivity contribution < 1.29 is 27.1 Å². The molecule has 6 heteroatoms. The zero-order valence-electron chi connectivity index (χ0n) is 10.6. The molecule has 1 aromatic rings. The molecule has 108 valence electrons. The average Bonchev–Trinajstić information content (AvgIpc) is 2.36. The van der Waals surface area contributed by atoms with E-state index < -0.39 is 30.0 Å². The number of rotatable bonds is 3. The van der Waals surface area contributed by atoms with Gasteiger partial charge in [-0.3, -0.25) is 0 Å². The molecule has 1 nitrogen and oxygen atoms in total. The maximum Gasteiger partial charge on any atom is 0.416 e. The highest BCUT2D eigenvalue weighted by atomic mass is 19.4. The lowest BCUT2D eigenvalue weighted by molar-refractivity contribution is -0.137. The van der Waals surface area contributed by atoms with Gasteiger partial charge >= 0.3 is 6.18 Å². The van der Waals surface area contributed by atoms with Gasteiger partial charge in [0.15, 0.2) is 0 Å². The van der Waals surface area contributed by atoms with Crippen LogP contribution in [0.25, 0.3) is 0 Å². The van der Waals surface area contributed by atoms with Gasteiger partial charge in [0.05, 0.1) is 12.2 Å². The van der Waals surface area contributed by atoms with E-state index in [1.165, 1.54) is 0 Å². The molecular formula is C13H15F5O. The largest absolute Gasteiger partial charge is 0.416 e. The summed E-state index contributed by atoms with van der Waals surface area (Å²) in [5, 5.41) is 8.35. The summed E-state index contributed by atoms with van der Waals surface area (Å²) in [6, 6.07) is 2.00. The molecule has 0 unspecified atom stereocenters. The fourth-order valence-corrected chi connectivity index (χ4v) is 1.23. The maximum atomic E-state index is 12.9. The Morgan fingerprint density at radius 3 is 2.26 bits per heavy atom. The molecule has 0 atom stereocenters. The number of aliphatic hydroxyl groups is 1. The molecule has 0 bridgehead atoms. The normalized spacial score (nSPS) is 11.9. The minimum absolute atomic E-state index is 0.0130. The van der Waals surface area contributed by atoms with Crippen LogP contribution in [0.2, 0.25) is 0 Å². The van der Waals surface area contributed by atoms with Crippen molar-refractivity contribution in [1.29, 1.82) is 0 Å². The van der Waals surface area contributed by atoms with E-state index >= 15 is 0 Å². The van der Waals surface area contributed by atoms with Crippen molar-refractivity contribution >= 4 is 0 Å². The number of aliphatic hydroxyl groups excluding tert-OH is 1. The summed E-state index contributed by atoms with van der Waals surface area (Å²) in [5.41, 5.74) is -1.13. The molecule has 0 spiro atoms. The Balaban J connectivity index is 0.00000154. The summed E-state index contributed by atoms with van der Waals surface area (Å²) >= 11 is 0. The van der Waals surface area contributed by atoms with Crippen LogP contribution in [0, 0.1) is 5.82 Å². The quantitative estimate of drug-likeness (QED) is 0.821. The zero-order chi connectivity index (χ0) is 15.1. The van der Waals surface area contributed by atoms with Crippen LogP contribution in [-0.4, -0.2) is 11.7 Å². The second-order valence-electron chi connectivity index (χ2n) is 3.36. The van der Waals surface area contributed by atoms with Crippen molar-refractivity contribution in [1.82, 2.24) is 0 Å². The van der Waals surface area contributed by atoms with Gasteiger partial charge in [-0.05, 0) is 36.3 Å². The molecular weight excluding hydrogens is 267 g/mol. The van der Waals surface area contributed by atoms with E-state index in [0.29, 0.717) is 6.07 Å². The Bertz CT molecular complexity index is 424. The molecule has 1 aromatic carbocycles. The predicted molar refractivity (Wildman–Crippen MR) is 62.7 cm³/mol. The summed E-state index contributed by atoms with van der Waals surface area (Å²) in [5.74, 6) is -1.91. The van der Waals surface area contributed by atoms with Crippen molar-refractivity contribution in [3.05, 3.63) is 47.0 Å². The van der Waals surface area contributed by atoms with Crippen LogP contribution >= 0.6 is 0 Å². The first-order chi connectivity index (χ1) is 8.82. The Morgan fingerprint density at radius 1 is 1.21 bits per heavy atom. The first-order valence-electron chi connectivity index (χ1n) is 5.65. The van der Waals surface area contributed by atoms with E-state index in [1.54, 1.807) is 0 Å². The van der Waals surface area contributed by atoms with Gasteiger partial charge in [-0.15, -0.1) is 0 Å². The molecule has 0 fully saturated rings. The molecule has 0 heterocycles. The molecule has 0 radical (unpaired) electrons. The molecule has 1 rings (SSSR count). The standard InChI is InChI=1S/C11H9F5O.C2H6/c12-9(6-17)2-1-7-3-8(11(14,15)16)5-10(13)4-7;1-2/h2-5,17H,1,6H2;1-2H3/b9-2+;. The van der Waals surface area contributed by atoms with Crippen molar-refractivity contribution in [2.75, 3.05) is 6.61 Å². The molecule has 0 aromatic heterocycles. The molecule has 19 heavy (non-hydrogen) atoms. The van der Waals surface area contributed by atoms with Gasteiger partial charge in [-0.2, -0.15) is 13.2 Å². The lowest BCUT2D eigenvalue weighted by Gasteiger charge is -2.08. The first-order valence-corrected chi connectivity index (χ1v) is 5.65. The van der Waals surface area contributed by atoms with Gasteiger partial charge in [0.25, 0.3) is 0 Å². The molecule has 0 saturated carbocycles. The summed E-state index contributed by atoms with van der Waals surface area (Å²) in [7, 11) is 0. The summed E-state index contributed by atoms with van der Waals surface area (Å²) in [4.78, 5) is 0. The van der Waals surface area contributed by atoms with Crippen LogP contribution in [0.1, 0.15) is 25.0 Å². The third-order valence-corrected chi connectivity index (χ3v) is 2.00. The summed E-state index contributed by atoms with van der Waals surface area (Å²) in [6.45, 7) is 3.17. The topological polar surface area (TPSA) is 20.2 Å². The van der Waals surface area contributed by atoms with Crippen molar-refractivity contribution in [3.63, 3.8) is 0 Å². The van der Waals surface area contributed by atoms with Crippen LogP contribution < -0.4 is 0 Å². The fraction of sp³-hybridized carbons (Fsp3) is 0.385. The number of allylic oxidation sites excluding steroid dienone is 1. The predicted octanol–water partition coefficient (Wildman–Crippen LogP) is 4.26. The van der Waals surface area contributed by atoms with Gasteiger partial charge in [0, 0.05) is 0 Å². The number of halogens is 5. The van der Waals surface area contributed by atoms with E-state index in [-0.39, 0.29) is 12.0 Å². The van der Waals surface area contributed by atoms with Crippen molar-refractivity contribution in [2.24, 2.45) is 0 Å². The van der Waals surface area contributed by atoms with Crippen LogP contribution in [0.3, 0.4) is 0 Å². The van der Waals surface area contributed by atoms with Crippen molar-refractivity contribution in [3.8, 4) is 0 Å². The minimum Gasteiger partial charge on any atom is -0.389 e. The van der Waals surface area contributed by atoms with Crippen LogP contribution in [0.15, 0.2) is 30.1 Å². The third-order valence-electron chi connectivity index (χ3n) is 2.00. The van der Waals surface area contributed by atoms with Crippen LogP contribution in [-0.2, 0) is 12.6 Å². The minimum atomic E-state index is -4.64. The van der Waals surface area contributed by atoms with Gasteiger partial charge in [0.1, 0.15) is 11.6 Å². The van der Waals surface area contributed by atoms with Crippen LogP contribution in [0.5, 0.6) is 0 Å². The third kappa shape index (κ3) is 6.33. The number of hydrogen-bond donors (Lipinski definition) is 1. The second kappa shape index (κ2) is 7.89. The monoisotopic (exact) mass is 282 g/mol. The van der Waals surface area contributed by atoms with Crippen molar-refractivity contribution in [2.45, 2.75) is 26.4 Å². The lowest BCUT2D eigenvalue weighted by Crippen LogP contribution is -2.06. The molecule has 0 aliphatic heterocycles. The Hall–Kier alpha value is -1.43. The van der Waals surface area contributed by atoms with E-state index in [9.17, 15) is 22.0 Å². The molecule has 0 amide bonds. The maximum absolute atomic E-state index is 12.9. The van der Waals surface area contributed by atoms with E-state index in [1.807, 2.05) is 13.8 Å². The van der Waals surface area contributed by atoms with E-state index in [4.69, 9.17) is 5.11 Å². The molecule has 0 aliphatic rings. The Kier molecular flexibility index (Phi) is 7.29. The molecule has 0 saturated heterocycles. The lowest BCUT2D eigenvalue weighted by atomic mass is 10.1. The zero-order valence-corrected chi connectivity index (χ0v) is 10.6. The highest BCUT2D eigenvalue weighted by Crippen LogP contribution is 2.30. The Labute approximate surface area is 108 Å². The molecule has 0 aliphatic carbocycles. The smallest absolute Gasteiger partial charge is 0.389 e. The SMILES string of the molecule is CC.OC/C(F)=C\Cc1cc(F)cc(C(F)(F)F)c1. The average molecular weight is 282 g/mol. The first kappa shape index (κ1) is 17.6. The Morgan fingerprint density at radius 2 is 1.79 bits per heavy atom. The van der Waals surface area contributed by atoms with Gasteiger partial charge in [-0.25, -0.2) is 8.78 Å². The number of benzene rings is 1. The fourth-order valence-electron chi connectivity index (χ4n) is 1.23. The van der Waals surface area contributed by atoms with E-state index in [0.717, 1.165) is 18.2 Å². The van der Waals surface area contributed by atoms with Gasteiger partial charge in [0.2, 0.25) is 0 Å². The highest BCUT2D eigenvalue weighted by Gasteiger charge is 2.31. The van der Waals surface area contributed by atoms with Crippen LogP contribution in [0.4, 0.5) is 22.0 Å².